The van der Waals surface area contributed by atoms with Crippen LogP contribution in [0.15, 0.2) is 16.0 Å². The van der Waals surface area contributed by atoms with Crippen LogP contribution in [0.1, 0.15) is 12.1 Å². The molecular formula is C8H7F3N2O3S. The standard InChI is InChI=1S/C8H7F3N2O3S/c9-8(10,11)4-3-5(14)13-7(12-4)17-2-1-6(15)16/h3H,1-2H2,(H,15,16)(H,12,13,14). The highest BCUT2D eigenvalue weighted by Gasteiger charge is 2.33. The van der Waals surface area contributed by atoms with Crippen molar-refractivity contribution in [3.05, 3.63) is 22.1 Å². The van der Waals surface area contributed by atoms with Gasteiger partial charge in [-0.25, -0.2) is 4.98 Å². The average Bonchev–Trinajstić information content (AvgIpc) is 2.14. The normalized spacial score (nSPS) is 11.5. The Morgan fingerprint density at radius 1 is 1.53 bits per heavy atom. The number of H-pyrrole nitrogens is 1. The summed E-state index contributed by atoms with van der Waals surface area (Å²) in [5.41, 5.74) is -2.22. The van der Waals surface area contributed by atoms with Crippen molar-refractivity contribution < 1.29 is 23.1 Å². The molecule has 0 amide bonds. The second-order valence-electron chi connectivity index (χ2n) is 2.93. The first-order valence-electron chi connectivity index (χ1n) is 4.32. The van der Waals surface area contributed by atoms with E-state index in [2.05, 4.69) is 9.97 Å². The number of thioether (sulfide) groups is 1. The number of nitrogens with zero attached hydrogens (tertiary/aromatic N) is 1. The molecule has 0 unspecified atom stereocenters. The third-order valence-corrected chi connectivity index (χ3v) is 2.44. The van der Waals surface area contributed by atoms with Gasteiger partial charge in [-0.3, -0.25) is 9.59 Å². The number of carboxylic acids is 1. The van der Waals surface area contributed by atoms with E-state index in [1.165, 1.54) is 0 Å². The molecule has 0 aliphatic heterocycles. The predicted octanol–water partition coefficient (Wildman–Crippen LogP) is 1.36. The number of carbonyl (C=O) groups is 1. The van der Waals surface area contributed by atoms with Gasteiger partial charge in [0.1, 0.15) is 0 Å². The van der Waals surface area contributed by atoms with Crippen molar-refractivity contribution in [3.63, 3.8) is 0 Å². The zero-order chi connectivity index (χ0) is 13.1. The Bertz CT molecular complexity index is 472. The minimum Gasteiger partial charge on any atom is -0.481 e. The van der Waals surface area contributed by atoms with Gasteiger partial charge in [0.15, 0.2) is 10.9 Å². The SMILES string of the molecule is O=C(O)CCSc1nc(C(F)(F)F)cc(=O)[nH]1. The molecule has 17 heavy (non-hydrogen) atoms. The number of aromatic amines is 1. The summed E-state index contributed by atoms with van der Waals surface area (Å²) in [6, 6.07) is 0.348. The minimum absolute atomic E-state index is 0.0274. The number of hydrogen-bond acceptors (Lipinski definition) is 4. The molecule has 0 radical (unpaired) electrons. The van der Waals surface area contributed by atoms with Gasteiger partial charge in [0, 0.05) is 11.8 Å². The maximum Gasteiger partial charge on any atom is 0.433 e. The molecule has 5 nitrogen and oxygen atoms in total. The molecule has 0 bridgehead atoms. The maximum absolute atomic E-state index is 12.3. The number of alkyl halides is 3. The molecule has 0 atom stereocenters. The van der Waals surface area contributed by atoms with E-state index in [9.17, 15) is 22.8 Å². The summed E-state index contributed by atoms with van der Waals surface area (Å²) in [6.45, 7) is 0. The van der Waals surface area contributed by atoms with Gasteiger partial charge in [-0.05, 0) is 0 Å². The van der Waals surface area contributed by atoms with E-state index in [0.29, 0.717) is 6.07 Å². The van der Waals surface area contributed by atoms with Crippen LogP contribution in [-0.4, -0.2) is 26.8 Å². The molecule has 1 aromatic heterocycles. The topological polar surface area (TPSA) is 83.0 Å². The number of aromatic nitrogens is 2. The molecule has 0 aliphatic rings. The third-order valence-electron chi connectivity index (χ3n) is 1.57. The minimum atomic E-state index is -4.70. The molecule has 0 aliphatic carbocycles. The fraction of sp³-hybridized carbons (Fsp3) is 0.375. The Kier molecular flexibility index (Phi) is 4.16. The molecule has 0 saturated carbocycles. The Morgan fingerprint density at radius 2 is 2.18 bits per heavy atom. The van der Waals surface area contributed by atoms with E-state index in [1.54, 1.807) is 0 Å². The fourth-order valence-electron chi connectivity index (χ4n) is 0.884. The van der Waals surface area contributed by atoms with E-state index in [-0.39, 0.29) is 17.3 Å². The highest BCUT2D eigenvalue weighted by Crippen LogP contribution is 2.27. The summed E-state index contributed by atoms with van der Waals surface area (Å²) in [5.74, 6) is -1.05. The number of halogens is 3. The largest absolute Gasteiger partial charge is 0.481 e. The van der Waals surface area contributed by atoms with E-state index >= 15 is 0 Å². The zero-order valence-electron chi connectivity index (χ0n) is 8.24. The smallest absolute Gasteiger partial charge is 0.433 e. The van der Waals surface area contributed by atoms with E-state index in [0.717, 1.165) is 11.8 Å². The second kappa shape index (κ2) is 5.21. The quantitative estimate of drug-likeness (QED) is 0.636. The Hall–Kier alpha value is -1.51. The number of carboxylic acid groups (broad SMARTS) is 1. The lowest BCUT2D eigenvalue weighted by Gasteiger charge is -2.06. The molecule has 1 heterocycles. The van der Waals surface area contributed by atoms with E-state index < -0.39 is 23.4 Å². The first-order chi connectivity index (χ1) is 7.79. The van der Waals surface area contributed by atoms with Gasteiger partial charge in [-0.2, -0.15) is 13.2 Å². The summed E-state index contributed by atoms with van der Waals surface area (Å²) in [5, 5.41) is 8.10. The van der Waals surface area contributed by atoms with Gasteiger partial charge in [-0.1, -0.05) is 11.8 Å². The number of hydrogen-bond donors (Lipinski definition) is 2. The van der Waals surface area contributed by atoms with Crippen LogP contribution in [0.5, 0.6) is 0 Å². The lowest BCUT2D eigenvalue weighted by molar-refractivity contribution is -0.141. The highest BCUT2D eigenvalue weighted by atomic mass is 32.2. The van der Waals surface area contributed by atoms with Crippen LogP contribution in [-0.2, 0) is 11.0 Å². The van der Waals surface area contributed by atoms with Gasteiger partial charge >= 0.3 is 12.1 Å². The molecule has 0 aromatic carbocycles. The first-order valence-corrected chi connectivity index (χ1v) is 5.31. The third kappa shape index (κ3) is 4.47. The van der Waals surface area contributed by atoms with Crippen LogP contribution in [0.2, 0.25) is 0 Å². The summed E-state index contributed by atoms with van der Waals surface area (Å²) in [4.78, 5) is 26.4. The van der Waals surface area contributed by atoms with Crippen molar-refractivity contribution >= 4 is 17.7 Å². The number of aliphatic carboxylic acids is 1. The maximum atomic E-state index is 12.3. The molecule has 1 rings (SSSR count). The van der Waals surface area contributed by atoms with Gasteiger partial charge in [-0.15, -0.1) is 0 Å². The fourth-order valence-corrected chi connectivity index (χ4v) is 1.69. The van der Waals surface area contributed by atoms with Crippen LogP contribution in [0.4, 0.5) is 13.2 Å². The van der Waals surface area contributed by atoms with Crippen LogP contribution in [0, 0.1) is 0 Å². The Labute approximate surface area is 97.1 Å². The van der Waals surface area contributed by atoms with Crippen LogP contribution < -0.4 is 5.56 Å². The van der Waals surface area contributed by atoms with Crippen molar-refractivity contribution in [1.82, 2.24) is 9.97 Å². The van der Waals surface area contributed by atoms with Gasteiger partial charge in [0.05, 0.1) is 6.42 Å². The first kappa shape index (κ1) is 13.6. The summed E-state index contributed by atoms with van der Waals surface area (Å²) in [6.07, 6.45) is -4.93. The lowest BCUT2D eigenvalue weighted by atomic mass is 10.4. The zero-order valence-corrected chi connectivity index (χ0v) is 9.06. The molecule has 9 heteroatoms. The van der Waals surface area contributed by atoms with Crippen molar-refractivity contribution in [2.75, 3.05) is 5.75 Å². The molecule has 0 spiro atoms. The predicted molar refractivity (Wildman–Crippen MR) is 52.8 cm³/mol. The van der Waals surface area contributed by atoms with E-state index in [1.807, 2.05) is 0 Å². The van der Waals surface area contributed by atoms with Crippen LogP contribution >= 0.6 is 11.8 Å². The second-order valence-corrected chi connectivity index (χ2v) is 4.01. The van der Waals surface area contributed by atoms with Crippen molar-refractivity contribution in [2.24, 2.45) is 0 Å². The summed E-state index contributed by atoms with van der Waals surface area (Å²) >= 11 is 0.746. The van der Waals surface area contributed by atoms with Crippen molar-refractivity contribution in [1.29, 1.82) is 0 Å². The summed E-state index contributed by atoms with van der Waals surface area (Å²) < 4.78 is 36.8. The monoisotopic (exact) mass is 268 g/mol. The molecule has 94 valence electrons. The lowest BCUT2D eigenvalue weighted by Crippen LogP contribution is -2.16. The number of rotatable bonds is 4. The van der Waals surface area contributed by atoms with Crippen molar-refractivity contribution in [3.8, 4) is 0 Å². The van der Waals surface area contributed by atoms with Crippen molar-refractivity contribution in [2.45, 2.75) is 17.8 Å². The molecule has 2 N–H and O–H groups in total. The molecular weight excluding hydrogens is 261 g/mol. The van der Waals surface area contributed by atoms with Gasteiger partial charge in [0.25, 0.3) is 5.56 Å². The Morgan fingerprint density at radius 3 is 2.71 bits per heavy atom. The van der Waals surface area contributed by atoms with Gasteiger partial charge in [0.2, 0.25) is 0 Å². The van der Waals surface area contributed by atoms with Crippen LogP contribution in [0.3, 0.4) is 0 Å². The molecule has 0 fully saturated rings. The van der Waals surface area contributed by atoms with E-state index in [4.69, 9.17) is 5.11 Å². The highest BCUT2D eigenvalue weighted by molar-refractivity contribution is 7.99. The van der Waals surface area contributed by atoms with Crippen LogP contribution in [0.25, 0.3) is 0 Å². The number of nitrogens with one attached hydrogen (secondary N) is 1. The Balaban J connectivity index is 2.83. The molecule has 1 aromatic rings. The molecule has 0 saturated heterocycles. The van der Waals surface area contributed by atoms with Gasteiger partial charge < -0.3 is 10.1 Å². The summed E-state index contributed by atoms with van der Waals surface area (Å²) in [7, 11) is 0. The average molecular weight is 268 g/mol.